The first kappa shape index (κ1) is 20.4. The number of carbonyl (C=O) groups excluding carboxylic acids is 2. The lowest BCUT2D eigenvalue weighted by atomic mass is 9.79. The fourth-order valence-corrected chi connectivity index (χ4v) is 5.03. The van der Waals surface area contributed by atoms with Gasteiger partial charge in [0.05, 0.1) is 10.5 Å². The molecule has 1 aliphatic heterocycles. The van der Waals surface area contributed by atoms with E-state index in [2.05, 4.69) is 5.32 Å². The summed E-state index contributed by atoms with van der Waals surface area (Å²) in [5.74, 6) is 0.587. The van der Waals surface area contributed by atoms with E-state index >= 15 is 0 Å². The van der Waals surface area contributed by atoms with E-state index in [4.69, 9.17) is 11.6 Å². The lowest BCUT2D eigenvalue weighted by Crippen LogP contribution is -2.29. The number of hydrogen-bond acceptors (Lipinski definition) is 2. The summed E-state index contributed by atoms with van der Waals surface area (Å²) in [7, 11) is 0. The number of nitrogens with one attached hydrogen (secondary N) is 1. The highest BCUT2D eigenvalue weighted by molar-refractivity contribution is 6.37. The van der Waals surface area contributed by atoms with Gasteiger partial charge in [0.25, 0.3) is 0 Å². The van der Waals surface area contributed by atoms with Gasteiger partial charge in [0.1, 0.15) is 5.67 Å². The van der Waals surface area contributed by atoms with E-state index in [0.29, 0.717) is 48.7 Å². The van der Waals surface area contributed by atoms with Crippen LogP contribution in [0.15, 0.2) is 24.4 Å². The number of hydrogen-bond donors (Lipinski definition) is 1. The molecule has 2 heterocycles. The Morgan fingerprint density at radius 1 is 1.31 bits per heavy atom. The Hall–Kier alpha value is -1.88. The van der Waals surface area contributed by atoms with Crippen LogP contribution in [0, 0.1) is 5.92 Å². The summed E-state index contributed by atoms with van der Waals surface area (Å²) in [6.07, 6.45) is 7.38. The molecular formula is C23H28ClFN2O2. The Balaban J connectivity index is 1.50. The number of fused-ring (bicyclic) bond motifs is 1. The number of benzene rings is 1. The van der Waals surface area contributed by atoms with Crippen LogP contribution < -0.4 is 5.32 Å². The molecule has 4 nitrogen and oxygen atoms in total. The van der Waals surface area contributed by atoms with Gasteiger partial charge in [-0.3, -0.25) is 9.59 Å². The number of carbonyl (C=O) groups is 2. The highest BCUT2D eigenvalue weighted by Gasteiger charge is 2.31. The molecule has 2 aliphatic rings. The van der Waals surface area contributed by atoms with E-state index in [0.717, 1.165) is 36.6 Å². The van der Waals surface area contributed by atoms with Gasteiger partial charge in [0.2, 0.25) is 5.91 Å². The van der Waals surface area contributed by atoms with Gasteiger partial charge in [-0.1, -0.05) is 17.7 Å². The largest absolute Gasteiger partial charge is 0.352 e. The molecule has 156 valence electrons. The number of ketones is 1. The zero-order valence-corrected chi connectivity index (χ0v) is 17.6. The average Bonchev–Trinajstić information content (AvgIpc) is 3.25. The first-order valence-corrected chi connectivity index (χ1v) is 11.0. The Morgan fingerprint density at radius 2 is 2.07 bits per heavy atom. The van der Waals surface area contributed by atoms with Crippen LogP contribution in [0.4, 0.5) is 4.39 Å². The third-order valence-electron chi connectivity index (χ3n) is 6.59. The number of aromatic nitrogens is 1. The zero-order chi connectivity index (χ0) is 20.6. The average molecular weight is 419 g/mol. The molecule has 1 aromatic carbocycles. The second-order valence-corrected chi connectivity index (χ2v) is 9.36. The molecule has 0 unspecified atom stereocenters. The summed E-state index contributed by atoms with van der Waals surface area (Å²) in [4.78, 5) is 24.6. The number of nitrogens with zero attached hydrogens (tertiary/aromatic N) is 1. The Kier molecular flexibility index (Phi) is 5.69. The lowest BCUT2D eigenvalue weighted by Gasteiger charge is -2.30. The highest BCUT2D eigenvalue weighted by Crippen LogP contribution is 2.37. The van der Waals surface area contributed by atoms with Crippen LogP contribution in [0.2, 0.25) is 5.02 Å². The van der Waals surface area contributed by atoms with Crippen LogP contribution in [0.25, 0.3) is 10.9 Å². The number of amides is 1. The minimum atomic E-state index is -1.04. The molecular weight excluding hydrogens is 391 g/mol. The minimum Gasteiger partial charge on any atom is -0.352 e. The van der Waals surface area contributed by atoms with Crippen molar-refractivity contribution in [3.05, 3.63) is 35.0 Å². The Labute approximate surface area is 175 Å². The number of alkyl halides is 1. The van der Waals surface area contributed by atoms with Crippen LogP contribution in [0.5, 0.6) is 0 Å². The summed E-state index contributed by atoms with van der Waals surface area (Å²) in [6, 6.07) is 5.75. The second-order valence-electron chi connectivity index (χ2n) is 8.95. The van der Waals surface area contributed by atoms with Crippen molar-refractivity contribution in [3.63, 3.8) is 0 Å². The zero-order valence-electron chi connectivity index (χ0n) is 16.8. The standard InChI is InChI=1S/C23H28ClFN2O2/c1-23(25)11-9-15(10-12-23)5-7-20(28)17-14-27(13-16-6-8-21(29)26-16)19-4-2-3-18(24)22(17)19/h2-4,14-16H,5-13H2,1H3,(H,26,29)/t15?,16-,23?/m1/s1. The van der Waals surface area contributed by atoms with Crippen molar-refractivity contribution in [2.75, 3.05) is 0 Å². The first-order chi connectivity index (χ1) is 13.8. The van der Waals surface area contributed by atoms with Crippen LogP contribution in [0.1, 0.15) is 68.6 Å². The van der Waals surface area contributed by atoms with Crippen molar-refractivity contribution in [2.45, 2.75) is 76.5 Å². The van der Waals surface area contributed by atoms with Crippen LogP contribution in [-0.2, 0) is 11.3 Å². The van der Waals surface area contributed by atoms with Crippen molar-refractivity contribution in [3.8, 4) is 0 Å². The van der Waals surface area contributed by atoms with E-state index < -0.39 is 5.67 Å². The maximum absolute atomic E-state index is 14.0. The molecule has 4 rings (SSSR count). The fraction of sp³-hybridized carbons (Fsp3) is 0.565. The molecule has 0 spiro atoms. The molecule has 2 aromatic rings. The van der Waals surface area contributed by atoms with Gasteiger partial charge in [-0.2, -0.15) is 0 Å². The van der Waals surface area contributed by atoms with Crippen LogP contribution in [0.3, 0.4) is 0 Å². The van der Waals surface area contributed by atoms with Crippen molar-refractivity contribution in [2.24, 2.45) is 5.92 Å². The van der Waals surface area contributed by atoms with E-state index in [1.54, 1.807) is 6.92 Å². The number of Topliss-reactive ketones (excluding diaryl/α,β-unsaturated/α-hetero) is 1. The molecule has 6 heteroatoms. The first-order valence-electron chi connectivity index (χ1n) is 10.6. The molecule has 1 aromatic heterocycles. The fourth-order valence-electron chi connectivity index (χ4n) is 4.76. The second kappa shape index (κ2) is 8.10. The molecule has 1 atom stereocenters. The van der Waals surface area contributed by atoms with Crippen molar-refractivity contribution < 1.29 is 14.0 Å². The summed E-state index contributed by atoms with van der Waals surface area (Å²) in [6.45, 7) is 2.31. The monoisotopic (exact) mass is 418 g/mol. The van der Waals surface area contributed by atoms with E-state index in [1.165, 1.54) is 0 Å². The smallest absolute Gasteiger partial charge is 0.220 e. The van der Waals surface area contributed by atoms with Crippen LogP contribution in [-0.4, -0.2) is 28.0 Å². The number of rotatable bonds is 6. The molecule has 1 saturated heterocycles. The quantitative estimate of drug-likeness (QED) is 0.633. The molecule has 1 saturated carbocycles. The van der Waals surface area contributed by atoms with E-state index in [9.17, 15) is 14.0 Å². The normalized spacial score (nSPS) is 27.3. The van der Waals surface area contributed by atoms with Gasteiger partial charge < -0.3 is 9.88 Å². The molecule has 1 aliphatic carbocycles. The van der Waals surface area contributed by atoms with Crippen LogP contribution >= 0.6 is 11.6 Å². The maximum Gasteiger partial charge on any atom is 0.220 e. The predicted octanol–water partition coefficient (Wildman–Crippen LogP) is 5.45. The lowest BCUT2D eigenvalue weighted by molar-refractivity contribution is -0.119. The third kappa shape index (κ3) is 4.50. The van der Waals surface area contributed by atoms with Gasteiger partial charge in [-0.05, 0) is 63.5 Å². The molecule has 1 N–H and O–H groups in total. The highest BCUT2D eigenvalue weighted by atomic mass is 35.5. The molecule has 29 heavy (non-hydrogen) atoms. The van der Waals surface area contributed by atoms with Gasteiger partial charge >= 0.3 is 0 Å². The summed E-state index contributed by atoms with van der Waals surface area (Å²) in [5.41, 5.74) is 0.533. The van der Waals surface area contributed by atoms with Crippen molar-refractivity contribution in [1.82, 2.24) is 9.88 Å². The molecule has 1 amide bonds. The van der Waals surface area contributed by atoms with Crippen molar-refractivity contribution in [1.29, 1.82) is 0 Å². The van der Waals surface area contributed by atoms with Gasteiger partial charge in [-0.25, -0.2) is 4.39 Å². The molecule has 0 bridgehead atoms. The molecule has 0 radical (unpaired) electrons. The minimum absolute atomic E-state index is 0.0808. The Bertz CT molecular complexity index is 926. The molecule has 2 fully saturated rings. The summed E-state index contributed by atoms with van der Waals surface area (Å²) in [5, 5.41) is 4.36. The topological polar surface area (TPSA) is 51.1 Å². The van der Waals surface area contributed by atoms with Gasteiger partial charge in [0, 0.05) is 42.6 Å². The SMILES string of the molecule is CC1(F)CCC(CCC(=O)c2cn(C[C@H]3CCC(=O)N3)c3cccc(Cl)c23)CC1. The van der Waals surface area contributed by atoms with E-state index in [-0.39, 0.29) is 17.7 Å². The Morgan fingerprint density at radius 3 is 2.76 bits per heavy atom. The summed E-state index contributed by atoms with van der Waals surface area (Å²) < 4.78 is 16.1. The maximum atomic E-state index is 14.0. The predicted molar refractivity (Wildman–Crippen MR) is 113 cm³/mol. The summed E-state index contributed by atoms with van der Waals surface area (Å²) >= 11 is 6.46. The van der Waals surface area contributed by atoms with E-state index in [1.807, 2.05) is 29.0 Å². The third-order valence-corrected chi connectivity index (χ3v) is 6.90. The van der Waals surface area contributed by atoms with Crippen molar-refractivity contribution >= 4 is 34.2 Å². The number of halogens is 2. The van der Waals surface area contributed by atoms with Gasteiger partial charge in [-0.15, -0.1) is 0 Å². The van der Waals surface area contributed by atoms with Gasteiger partial charge in [0.15, 0.2) is 5.78 Å².